The van der Waals surface area contributed by atoms with Gasteiger partial charge in [0.15, 0.2) is 5.75 Å². The highest BCUT2D eigenvalue weighted by Gasteiger charge is 2.34. The monoisotopic (exact) mass is 287 g/mol. The summed E-state index contributed by atoms with van der Waals surface area (Å²) in [7, 11) is 0.786. The van der Waals surface area contributed by atoms with E-state index >= 15 is 0 Å². The van der Waals surface area contributed by atoms with Gasteiger partial charge in [-0.05, 0) is 0 Å². The number of ether oxygens (including phenoxy) is 2. The van der Waals surface area contributed by atoms with Crippen LogP contribution in [0.3, 0.4) is 0 Å². The molecule has 19 heavy (non-hydrogen) atoms. The third-order valence-electron chi connectivity index (χ3n) is 1.91. The Balaban J connectivity index is 3.42. The van der Waals surface area contributed by atoms with Gasteiger partial charge in [-0.15, -0.1) is 13.2 Å². The van der Waals surface area contributed by atoms with Crippen molar-refractivity contribution in [2.45, 2.75) is 12.8 Å². The Morgan fingerprint density at radius 2 is 1.95 bits per heavy atom. The highest BCUT2D eigenvalue weighted by Crippen LogP contribution is 2.24. The zero-order valence-electron chi connectivity index (χ0n) is 9.18. The fourth-order valence-electron chi connectivity index (χ4n) is 1.20. The molecule has 5 nitrogen and oxygen atoms in total. The van der Waals surface area contributed by atoms with Crippen LogP contribution in [0.5, 0.6) is 5.75 Å². The molecule has 1 N–H and O–H groups in total. The normalized spacial score (nSPS) is 11.5. The van der Waals surface area contributed by atoms with Crippen molar-refractivity contribution in [1.82, 2.24) is 4.98 Å². The minimum absolute atomic E-state index is 0.295. The van der Waals surface area contributed by atoms with Gasteiger partial charge in [-0.25, -0.2) is 13.6 Å². The molecule has 0 unspecified atom stereocenters. The molecular weight excluding hydrogens is 281 g/mol. The van der Waals surface area contributed by atoms with Gasteiger partial charge in [0.2, 0.25) is 5.43 Å². The molecule has 106 valence electrons. The van der Waals surface area contributed by atoms with E-state index in [0.717, 1.165) is 7.11 Å². The Morgan fingerprint density at radius 1 is 1.37 bits per heavy atom. The first-order chi connectivity index (χ1) is 8.67. The van der Waals surface area contributed by atoms with Gasteiger partial charge in [-0.3, -0.25) is 4.79 Å². The van der Waals surface area contributed by atoms with Crippen molar-refractivity contribution in [1.29, 1.82) is 0 Å². The molecule has 1 rings (SSSR count). The Bertz CT molecular complexity index is 536. The third kappa shape index (κ3) is 3.42. The van der Waals surface area contributed by atoms with Crippen molar-refractivity contribution in [3.05, 3.63) is 27.7 Å². The summed E-state index contributed by atoms with van der Waals surface area (Å²) in [6, 6.07) is 0. The molecule has 1 heterocycles. The highest BCUT2D eigenvalue weighted by molar-refractivity contribution is 5.90. The molecule has 0 bridgehead atoms. The molecule has 0 atom stereocenters. The number of hydrogen-bond acceptors (Lipinski definition) is 4. The number of rotatable bonds is 3. The average Bonchev–Trinajstić information content (AvgIpc) is 2.28. The predicted octanol–water partition coefficient (Wildman–Crippen LogP) is 2.00. The number of halogens is 5. The molecule has 0 radical (unpaired) electrons. The second-order valence-electron chi connectivity index (χ2n) is 3.11. The quantitative estimate of drug-likeness (QED) is 0.682. The first-order valence-electron chi connectivity index (χ1n) is 4.55. The molecule has 0 fully saturated rings. The van der Waals surface area contributed by atoms with E-state index in [4.69, 9.17) is 0 Å². The first kappa shape index (κ1) is 14.9. The molecule has 0 amide bonds. The van der Waals surface area contributed by atoms with Gasteiger partial charge in [0.1, 0.15) is 11.3 Å². The van der Waals surface area contributed by atoms with Gasteiger partial charge in [0, 0.05) is 6.20 Å². The number of aromatic nitrogens is 1. The van der Waals surface area contributed by atoms with E-state index < -0.39 is 41.2 Å². The molecular formula is C9H6F5NO4. The zero-order chi connectivity index (χ0) is 14.8. The van der Waals surface area contributed by atoms with E-state index in [-0.39, 0.29) is 0 Å². The largest absolute Gasteiger partial charge is 0.573 e. The Labute approximate surface area is 101 Å². The maximum Gasteiger partial charge on any atom is 0.573 e. The van der Waals surface area contributed by atoms with E-state index in [2.05, 4.69) is 9.47 Å². The standard InChI is InChI=1S/C9H6F5NO4/c1-18-8(17)4-5(7(10)11)15-2-3(6(4)16)19-9(12,13)14/h2,7H,1H3,(H,15,16). The van der Waals surface area contributed by atoms with Gasteiger partial charge in [-0.1, -0.05) is 0 Å². The lowest BCUT2D eigenvalue weighted by atomic mass is 10.2. The molecule has 1 aromatic heterocycles. The van der Waals surface area contributed by atoms with Crippen LogP contribution in [0.4, 0.5) is 22.0 Å². The van der Waals surface area contributed by atoms with Gasteiger partial charge >= 0.3 is 12.3 Å². The maximum atomic E-state index is 12.5. The van der Waals surface area contributed by atoms with E-state index in [1.165, 1.54) is 0 Å². The Morgan fingerprint density at radius 3 is 2.37 bits per heavy atom. The fourth-order valence-corrected chi connectivity index (χ4v) is 1.20. The molecule has 0 saturated heterocycles. The molecule has 0 aromatic carbocycles. The van der Waals surface area contributed by atoms with Crippen LogP contribution < -0.4 is 10.2 Å². The summed E-state index contributed by atoms with van der Waals surface area (Å²) in [6.07, 6.45) is -8.18. The summed E-state index contributed by atoms with van der Waals surface area (Å²) in [4.78, 5) is 24.4. The lowest BCUT2D eigenvalue weighted by Gasteiger charge is -2.11. The third-order valence-corrected chi connectivity index (χ3v) is 1.91. The number of nitrogens with one attached hydrogen (secondary N) is 1. The SMILES string of the molecule is COC(=O)c1c(C(F)F)[nH]cc(OC(F)(F)F)c1=O. The number of H-pyrrole nitrogens is 1. The number of hydrogen-bond donors (Lipinski definition) is 1. The van der Waals surface area contributed by atoms with Crippen LogP contribution in [-0.4, -0.2) is 24.4 Å². The Hall–Kier alpha value is -2.13. The molecule has 0 saturated carbocycles. The van der Waals surface area contributed by atoms with Crippen LogP contribution in [0.1, 0.15) is 22.5 Å². The molecule has 0 spiro atoms. The number of methoxy groups -OCH3 is 1. The number of pyridine rings is 1. The van der Waals surface area contributed by atoms with Gasteiger partial charge in [0.25, 0.3) is 6.43 Å². The summed E-state index contributed by atoms with van der Waals surface area (Å²) in [5.41, 5.74) is -4.02. The Kier molecular flexibility index (Phi) is 4.12. The highest BCUT2D eigenvalue weighted by atomic mass is 19.4. The van der Waals surface area contributed by atoms with Crippen LogP contribution in [0.15, 0.2) is 11.0 Å². The van der Waals surface area contributed by atoms with Crippen LogP contribution in [-0.2, 0) is 4.74 Å². The lowest BCUT2D eigenvalue weighted by molar-refractivity contribution is -0.275. The maximum absolute atomic E-state index is 12.5. The van der Waals surface area contributed by atoms with Crippen LogP contribution in [0.2, 0.25) is 0 Å². The number of esters is 1. The number of carbonyl (C=O) groups excluding carboxylic acids is 1. The van der Waals surface area contributed by atoms with Gasteiger partial charge < -0.3 is 14.5 Å². The average molecular weight is 287 g/mol. The summed E-state index contributed by atoms with van der Waals surface area (Å²) in [5.74, 6) is -2.83. The van der Waals surface area contributed by atoms with Crippen molar-refractivity contribution >= 4 is 5.97 Å². The van der Waals surface area contributed by atoms with E-state index in [9.17, 15) is 31.5 Å². The van der Waals surface area contributed by atoms with Gasteiger partial charge in [-0.2, -0.15) is 0 Å². The van der Waals surface area contributed by atoms with Crippen LogP contribution >= 0.6 is 0 Å². The molecule has 0 aliphatic rings. The number of carbonyl (C=O) groups is 1. The fraction of sp³-hybridized carbons (Fsp3) is 0.333. The van der Waals surface area contributed by atoms with Crippen LogP contribution in [0, 0.1) is 0 Å². The molecule has 0 aliphatic heterocycles. The number of aromatic amines is 1. The van der Waals surface area contributed by atoms with E-state index in [0.29, 0.717) is 6.20 Å². The lowest BCUT2D eigenvalue weighted by Crippen LogP contribution is -2.27. The number of alkyl halides is 5. The van der Waals surface area contributed by atoms with Crippen molar-refractivity contribution in [2.24, 2.45) is 0 Å². The van der Waals surface area contributed by atoms with Crippen molar-refractivity contribution < 1.29 is 36.2 Å². The minimum Gasteiger partial charge on any atom is -0.465 e. The van der Waals surface area contributed by atoms with Crippen molar-refractivity contribution in [2.75, 3.05) is 7.11 Å². The summed E-state index contributed by atoms with van der Waals surface area (Å²) >= 11 is 0. The summed E-state index contributed by atoms with van der Waals surface area (Å²) < 4.78 is 68.3. The van der Waals surface area contributed by atoms with Crippen LogP contribution in [0.25, 0.3) is 0 Å². The molecule has 1 aromatic rings. The van der Waals surface area contributed by atoms with Crippen molar-refractivity contribution in [3.63, 3.8) is 0 Å². The van der Waals surface area contributed by atoms with E-state index in [1.54, 1.807) is 4.98 Å². The molecule has 10 heteroatoms. The van der Waals surface area contributed by atoms with Gasteiger partial charge in [0.05, 0.1) is 7.11 Å². The second kappa shape index (κ2) is 5.24. The first-order valence-corrected chi connectivity index (χ1v) is 4.55. The topological polar surface area (TPSA) is 68.4 Å². The smallest absolute Gasteiger partial charge is 0.465 e. The zero-order valence-corrected chi connectivity index (χ0v) is 9.18. The van der Waals surface area contributed by atoms with Crippen molar-refractivity contribution in [3.8, 4) is 5.75 Å². The predicted molar refractivity (Wildman–Crippen MR) is 50.0 cm³/mol. The summed E-state index contributed by atoms with van der Waals surface area (Å²) in [6.45, 7) is 0. The summed E-state index contributed by atoms with van der Waals surface area (Å²) in [5, 5.41) is 0. The van der Waals surface area contributed by atoms with E-state index in [1.807, 2.05) is 0 Å². The minimum atomic E-state index is -5.20. The molecule has 0 aliphatic carbocycles. The second-order valence-corrected chi connectivity index (χ2v) is 3.11.